The van der Waals surface area contributed by atoms with Gasteiger partial charge in [-0.3, -0.25) is 4.90 Å². The third kappa shape index (κ3) is 4.40. The fourth-order valence-corrected chi connectivity index (χ4v) is 2.19. The second-order valence-electron chi connectivity index (χ2n) is 5.63. The van der Waals surface area contributed by atoms with Gasteiger partial charge in [0.2, 0.25) is 0 Å². The van der Waals surface area contributed by atoms with Crippen molar-refractivity contribution in [3.05, 3.63) is 0 Å². The summed E-state index contributed by atoms with van der Waals surface area (Å²) >= 11 is 0. The van der Waals surface area contributed by atoms with Crippen LogP contribution in [0.15, 0.2) is 0 Å². The number of nitrogens with zero attached hydrogens (tertiary/aromatic N) is 1. The highest BCUT2D eigenvalue weighted by Gasteiger charge is 2.23. The predicted octanol–water partition coefficient (Wildman–Crippen LogP) is 1.47. The van der Waals surface area contributed by atoms with Crippen molar-refractivity contribution in [2.75, 3.05) is 19.6 Å². The van der Waals surface area contributed by atoms with Crippen LogP contribution in [0.4, 0.5) is 0 Å². The number of likely N-dealkylation sites (tertiary alicyclic amines) is 1. The van der Waals surface area contributed by atoms with Gasteiger partial charge in [0.05, 0.1) is 6.10 Å². The molecule has 3 nitrogen and oxygen atoms in total. The maximum atomic E-state index is 9.69. The van der Waals surface area contributed by atoms with Crippen LogP contribution < -0.4 is 5.32 Å². The summed E-state index contributed by atoms with van der Waals surface area (Å²) in [5.41, 5.74) is 0. The molecule has 16 heavy (non-hydrogen) atoms. The summed E-state index contributed by atoms with van der Waals surface area (Å²) in [6.07, 6.45) is 1.96. The summed E-state index contributed by atoms with van der Waals surface area (Å²) < 4.78 is 0. The first kappa shape index (κ1) is 13.9. The van der Waals surface area contributed by atoms with Gasteiger partial charge in [0.15, 0.2) is 0 Å². The van der Waals surface area contributed by atoms with Crippen LogP contribution in [0, 0.1) is 5.92 Å². The van der Waals surface area contributed by atoms with Gasteiger partial charge in [-0.25, -0.2) is 0 Å². The summed E-state index contributed by atoms with van der Waals surface area (Å²) in [5.74, 6) is 0.373. The molecule has 0 radical (unpaired) electrons. The molecule has 1 heterocycles. The second kappa shape index (κ2) is 6.58. The van der Waals surface area contributed by atoms with Crippen LogP contribution >= 0.6 is 0 Å². The number of nitrogens with one attached hydrogen (secondary N) is 1. The molecule has 1 rings (SSSR count). The van der Waals surface area contributed by atoms with E-state index in [9.17, 15) is 5.11 Å². The normalized spacial score (nSPS) is 24.6. The third-order valence-electron chi connectivity index (χ3n) is 3.59. The van der Waals surface area contributed by atoms with E-state index in [0.29, 0.717) is 18.0 Å². The lowest BCUT2D eigenvalue weighted by Gasteiger charge is -2.21. The van der Waals surface area contributed by atoms with Gasteiger partial charge in [-0.1, -0.05) is 13.8 Å². The molecule has 0 aromatic rings. The van der Waals surface area contributed by atoms with E-state index < -0.39 is 0 Å². The molecule has 0 aliphatic carbocycles. The highest BCUT2D eigenvalue weighted by molar-refractivity contribution is 4.82. The molecule has 0 saturated carbocycles. The Hall–Kier alpha value is -0.120. The Morgan fingerprint density at radius 3 is 2.50 bits per heavy atom. The minimum absolute atomic E-state index is 0.157. The molecule has 1 aliphatic heterocycles. The van der Waals surface area contributed by atoms with Crippen LogP contribution in [0.5, 0.6) is 0 Å². The van der Waals surface area contributed by atoms with E-state index in [4.69, 9.17) is 0 Å². The molecule has 1 saturated heterocycles. The first-order chi connectivity index (χ1) is 7.50. The van der Waals surface area contributed by atoms with Crippen LogP contribution in [0.1, 0.15) is 40.5 Å². The van der Waals surface area contributed by atoms with Crippen molar-refractivity contribution in [3.8, 4) is 0 Å². The SMILES string of the molecule is CC(C)C(O)CCNC1CCN(C(C)C)C1. The molecule has 1 aliphatic rings. The minimum atomic E-state index is -0.157. The predicted molar refractivity (Wildman–Crippen MR) is 68.6 cm³/mol. The molecule has 2 unspecified atom stereocenters. The number of rotatable bonds is 6. The molecule has 96 valence electrons. The summed E-state index contributed by atoms with van der Waals surface area (Å²) in [7, 11) is 0. The van der Waals surface area contributed by atoms with Crippen LogP contribution in [0.3, 0.4) is 0 Å². The maximum absolute atomic E-state index is 9.69. The summed E-state index contributed by atoms with van der Waals surface area (Å²) in [4.78, 5) is 2.51. The molecule has 2 N–H and O–H groups in total. The van der Waals surface area contributed by atoms with E-state index in [1.807, 2.05) is 0 Å². The van der Waals surface area contributed by atoms with Crippen molar-refractivity contribution in [2.45, 2.75) is 58.7 Å². The smallest absolute Gasteiger partial charge is 0.0575 e. The molecular formula is C13H28N2O. The average molecular weight is 228 g/mol. The van der Waals surface area contributed by atoms with E-state index in [-0.39, 0.29) is 6.10 Å². The largest absolute Gasteiger partial charge is 0.393 e. The minimum Gasteiger partial charge on any atom is -0.393 e. The van der Waals surface area contributed by atoms with E-state index in [2.05, 4.69) is 37.9 Å². The van der Waals surface area contributed by atoms with Gasteiger partial charge in [-0.15, -0.1) is 0 Å². The van der Waals surface area contributed by atoms with Crippen molar-refractivity contribution in [2.24, 2.45) is 5.92 Å². The van der Waals surface area contributed by atoms with Gasteiger partial charge in [0.1, 0.15) is 0 Å². The Morgan fingerprint density at radius 1 is 1.31 bits per heavy atom. The molecular weight excluding hydrogens is 200 g/mol. The van der Waals surface area contributed by atoms with Crippen molar-refractivity contribution in [1.82, 2.24) is 10.2 Å². The first-order valence-electron chi connectivity index (χ1n) is 6.66. The van der Waals surface area contributed by atoms with Gasteiger partial charge in [0.25, 0.3) is 0 Å². The quantitative estimate of drug-likeness (QED) is 0.722. The zero-order valence-corrected chi connectivity index (χ0v) is 11.2. The van der Waals surface area contributed by atoms with Gasteiger partial charge in [-0.2, -0.15) is 0 Å². The lowest BCUT2D eigenvalue weighted by atomic mass is 10.0. The molecule has 0 aromatic heterocycles. The number of aliphatic hydroxyl groups excluding tert-OH is 1. The standard InChI is InChI=1S/C13H28N2O/c1-10(2)13(16)5-7-14-12-6-8-15(9-12)11(3)4/h10-14,16H,5-9H2,1-4H3. The Morgan fingerprint density at radius 2 is 2.00 bits per heavy atom. The number of hydrogen-bond acceptors (Lipinski definition) is 3. The monoisotopic (exact) mass is 228 g/mol. The molecule has 1 fully saturated rings. The van der Waals surface area contributed by atoms with E-state index in [0.717, 1.165) is 19.5 Å². The van der Waals surface area contributed by atoms with Crippen molar-refractivity contribution in [1.29, 1.82) is 0 Å². The fourth-order valence-electron chi connectivity index (χ4n) is 2.19. The van der Waals surface area contributed by atoms with Gasteiger partial charge >= 0.3 is 0 Å². The molecule has 0 bridgehead atoms. The second-order valence-corrected chi connectivity index (χ2v) is 5.63. The average Bonchev–Trinajstić information content (AvgIpc) is 2.66. The van der Waals surface area contributed by atoms with Crippen LogP contribution in [0.25, 0.3) is 0 Å². The Bertz CT molecular complexity index is 194. The topological polar surface area (TPSA) is 35.5 Å². The summed E-state index contributed by atoms with van der Waals surface area (Å²) in [6, 6.07) is 1.29. The number of aliphatic hydroxyl groups is 1. The summed E-state index contributed by atoms with van der Waals surface area (Å²) in [6.45, 7) is 12.0. The molecule has 0 aromatic carbocycles. The van der Waals surface area contributed by atoms with Gasteiger partial charge < -0.3 is 10.4 Å². The fraction of sp³-hybridized carbons (Fsp3) is 1.00. The van der Waals surface area contributed by atoms with E-state index in [1.54, 1.807) is 0 Å². The van der Waals surface area contributed by atoms with Crippen LogP contribution in [-0.4, -0.2) is 47.8 Å². The van der Waals surface area contributed by atoms with Crippen LogP contribution in [-0.2, 0) is 0 Å². The third-order valence-corrected chi connectivity index (χ3v) is 3.59. The molecule has 2 atom stereocenters. The highest BCUT2D eigenvalue weighted by Crippen LogP contribution is 2.12. The molecule has 0 spiro atoms. The lowest BCUT2D eigenvalue weighted by Crippen LogP contribution is -2.36. The van der Waals surface area contributed by atoms with E-state index in [1.165, 1.54) is 13.0 Å². The Labute approximate surface area is 100 Å². The van der Waals surface area contributed by atoms with Gasteiger partial charge in [0, 0.05) is 18.6 Å². The van der Waals surface area contributed by atoms with Crippen molar-refractivity contribution >= 4 is 0 Å². The Balaban J connectivity index is 2.11. The number of hydrogen-bond donors (Lipinski definition) is 2. The zero-order chi connectivity index (χ0) is 12.1. The van der Waals surface area contributed by atoms with E-state index >= 15 is 0 Å². The lowest BCUT2D eigenvalue weighted by molar-refractivity contribution is 0.115. The maximum Gasteiger partial charge on any atom is 0.0575 e. The van der Waals surface area contributed by atoms with Crippen LogP contribution in [0.2, 0.25) is 0 Å². The van der Waals surface area contributed by atoms with Gasteiger partial charge in [-0.05, 0) is 45.7 Å². The zero-order valence-electron chi connectivity index (χ0n) is 11.2. The summed E-state index contributed by atoms with van der Waals surface area (Å²) in [5, 5.41) is 13.2. The molecule has 0 amide bonds. The highest BCUT2D eigenvalue weighted by atomic mass is 16.3. The van der Waals surface area contributed by atoms with Crippen molar-refractivity contribution < 1.29 is 5.11 Å². The Kier molecular flexibility index (Phi) is 5.73. The first-order valence-corrected chi connectivity index (χ1v) is 6.66. The van der Waals surface area contributed by atoms with Crippen molar-refractivity contribution in [3.63, 3.8) is 0 Å². The molecule has 3 heteroatoms.